The molecule has 2 aromatic rings. The lowest BCUT2D eigenvalue weighted by Crippen LogP contribution is -2.31. The van der Waals surface area contributed by atoms with Gasteiger partial charge in [0.05, 0.1) is 4.90 Å². The minimum atomic E-state index is -3.64. The molecule has 1 N–H and O–H groups in total. The lowest BCUT2D eigenvalue weighted by atomic mass is 10.1. The van der Waals surface area contributed by atoms with Gasteiger partial charge in [-0.05, 0) is 43.7 Å². The molecule has 0 aromatic heterocycles. The lowest BCUT2D eigenvalue weighted by molar-refractivity contribution is 0.0784. The van der Waals surface area contributed by atoms with E-state index in [2.05, 4.69) is 20.7 Å². The zero-order valence-corrected chi connectivity index (χ0v) is 16.8. The molecule has 0 bridgehead atoms. The Bertz CT molecular complexity index is 866. The van der Waals surface area contributed by atoms with E-state index in [-0.39, 0.29) is 16.8 Å². The van der Waals surface area contributed by atoms with Crippen LogP contribution in [0.3, 0.4) is 0 Å². The third kappa shape index (κ3) is 5.14. The molecule has 25 heavy (non-hydrogen) atoms. The highest BCUT2D eigenvalue weighted by Crippen LogP contribution is 2.19. The van der Waals surface area contributed by atoms with E-state index in [0.29, 0.717) is 12.1 Å². The van der Waals surface area contributed by atoms with E-state index in [4.69, 9.17) is 0 Å². The second kappa shape index (κ2) is 8.12. The maximum atomic E-state index is 12.7. The molecule has 0 saturated heterocycles. The highest BCUT2D eigenvalue weighted by atomic mass is 79.9. The van der Waals surface area contributed by atoms with Crippen molar-refractivity contribution < 1.29 is 13.2 Å². The van der Waals surface area contributed by atoms with Crippen LogP contribution < -0.4 is 4.72 Å². The SMILES string of the molecule is CC(C)NS(=O)(=O)c1cccc(C(=O)N(C)Cc2ccccc2Br)c1. The summed E-state index contributed by atoms with van der Waals surface area (Å²) in [6, 6.07) is 13.5. The van der Waals surface area contributed by atoms with Crippen molar-refractivity contribution in [2.24, 2.45) is 0 Å². The third-order valence-corrected chi connectivity index (χ3v) is 5.92. The van der Waals surface area contributed by atoms with Crippen molar-refractivity contribution >= 4 is 31.9 Å². The maximum absolute atomic E-state index is 12.7. The van der Waals surface area contributed by atoms with Gasteiger partial charge in [-0.25, -0.2) is 13.1 Å². The average Bonchev–Trinajstić information content (AvgIpc) is 2.55. The Balaban J connectivity index is 2.22. The number of sulfonamides is 1. The van der Waals surface area contributed by atoms with Crippen molar-refractivity contribution in [3.05, 3.63) is 64.1 Å². The van der Waals surface area contributed by atoms with E-state index < -0.39 is 10.0 Å². The minimum absolute atomic E-state index is 0.0846. The Morgan fingerprint density at radius 3 is 2.48 bits per heavy atom. The Kier molecular flexibility index (Phi) is 6.37. The van der Waals surface area contributed by atoms with E-state index in [0.717, 1.165) is 10.0 Å². The Morgan fingerprint density at radius 1 is 1.16 bits per heavy atom. The first kappa shape index (κ1) is 19.6. The number of hydrogen-bond acceptors (Lipinski definition) is 3. The van der Waals surface area contributed by atoms with E-state index >= 15 is 0 Å². The standard InChI is InChI=1S/C18H21BrN2O3S/c1-13(2)20-25(23,24)16-9-6-8-14(11-16)18(22)21(3)12-15-7-4-5-10-17(15)19/h4-11,13,20H,12H2,1-3H3. The van der Waals surface area contributed by atoms with Crippen LogP contribution in [0.15, 0.2) is 57.9 Å². The molecule has 0 aliphatic carbocycles. The summed E-state index contributed by atoms with van der Waals surface area (Å²) in [7, 11) is -1.95. The van der Waals surface area contributed by atoms with Crippen molar-refractivity contribution in [2.75, 3.05) is 7.05 Å². The number of rotatable bonds is 6. The molecule has 0 radical (unpaired) electrons. The number of carbonyl (C=O) groups excluding carboxylic acids is 1. The number of carbonyl (C=O) groups is 1. The van der Waals surface area contributed by atoms with Crippen LogP contribution in [0.1, 0.15) is 29.8 Å². The van der Waals surface area contributed by atoms with Gasteiger partial charge < -0.3 is 4.90 Å². The van der Waals surface area contributed by atoms with Gasteiger partial charge in [-0.3, -0.25) is 4.79 Å². The van der Waals surface area contributed by atoms with Gasteiger partial charge in [0.2, 0.25) is 10.0 Å². The second-order valence-corrected chi connectivity index (χ2v) is 8.62. The molecule has 0 heterocycles. The first-order valence-corrected chi connectivity index (χ1v) is 10.1. The summed E-state index contributed by atoms with van der Waals surface area (Å²) in [5.41, 5.74) is 1.31. The molecule has 1 amide bonds. The molecule has 0 fully saturated rings. The number of benzene rings is 2. The van der Waals surface area contributed by atoms with Crippen molar-refractivity contribution in [3.63, 3.8) is 0 Å². The van der Waals surface area contributed by atoms with Gasteiger partial charge in [-0.15, -0.1) is 0 Å². The lowest BCUT2D eigenvalue weighted by Gasteiger charge is -2.19. The van der Waals surface area contributed by atoms with Crippen molar-refractivity contribution in [2.45, 2.75) is 31.3 Å². The van der Waals surface area contributed by atoms with Crippen molar-refractivity contribution in [1.82, 2.24) is 9.62 Å². The average molecular weight is 425 g/mol. The Hall–Kier alpha value is -1.70. The molecular formula is C18H21BrN2O3S. The maximum Gasteiger partial charge on any atom is 0.253 e. The molecule has 0 aliphatic rings. The smallest absolute Gasteiger partial charge is 0.253 e. The van der Waals surface area contributed by atoms with Crippen LogP contribution in [0.25, 0.3) is 0 Å². The van der Waals surface area contributed by atoms with Crippen LogP contribution >= 0.6 is 15.9 Å². The molecular weight excluding hydrogens is 404 g/mol. The van der Waals surface area contributed by atoms with Gasteiger partial charge in [-0.1, -0.05) is 40.2 Å². The monoisotopic (exact) mass is 424 g/mol. The van der Waals surface area contributed by atoms with E-state index in [1.165, 1.54) is 12.1 Å². The molecule has 5 nitrogen and oxygen atoms in total. The summed E-state index contributed by atoms with van der Waals surface area (Å²) in [5, 5.41) is 0. The zero-order valence-electron chi connectivity index (χ0n) is 14.4. The Labute approximate surface area is 157 Å². The summed E-state index contributed by atoms with van der Waals surface area (Å²) < 4.78 is 28.0. The highest BCUT2D eigenvalue weighted by molar-refractivity contribution is 9.10. The molecule has 2 rings (SSSR count). The predicted octanol–water partition coefficient (Wildman–Crippen LogP) is 3.41. The number of amides is 1. The summed E-state index contributed by atoms with van der Waals surface area (Å²) >= 11 is 3.47. The van der Waals surface area contributed by atoms with E-state index in [1.807, 2.05) is 24.3 Å². The molecule has 0 spiro atoms. The number of hydrogen-bond donors (Lipinski definition) is 1. The van der Waals surface area contributed by atoms with Gasteiger partial charge >= 0.3 is 0 Å². The van der Waals surface area contributed by atoms with E-state index in [9.17, 15) is 13.2 Å². The number of halogens is 1. The first-order valence-electron chi connectivity index (χ1n) is 7.82. The van der Waals surface area contributed by atoms with Crippen LogP contribution in [0.5, 0.6) is 0 Å². The summed E-state index contributed by atoms with van der Waals surface area (Å²) in [6.45, 7) is 3.91. The summed E-state index contributed by atoms with van der Waals surface area (Å²) in [6.07, 6.45) is 0. The topological polar surface area (TPSA) is 66.5 Å². The van der Waals surface area contributed by atoms with Gasteiger partial charge in [0, 0.05) is 29.7 Å². The van der Waals surface area contributed by atoms with Gasteiger partial charge in [-0.2, -0.15) is 0 Å². The normalized spacial score (nSPS) is 11.6. The largest absolute Gasteiger partial charge is 0.337 e. The van der Waals surface area contributed by atoms with E-state index in [1.54, 1.807) is 37.9 Å². The fourth-order valence-corrected chi connectivity index (χ4v) is 4.06. The van der Waals surface area contributed by atoms with Crippen molar-refractivity contribution in [3.8, 4) is 0 Å². The summed E-state index contributed by atoms with van der Waals surface area (Å²) in [5.74, 6) is -0.239. The van der Waals surface area contributed by atoms with Crippen LogP contribution in [-0.4, -0.2) is 32.3 Å². The van der Waals surface area contributed by atoms with Gasteiger partial charge in [0.1, 0.15) is 0 Å². The Morgan fingerprint density at radius 2 is 1.84 bits per heavy atom. The molecule has 0 saturated carbocycles. The molecule has 0 unspecified atom stereocenters. The second-order valence-electron chi connectivity index (χ2n) is 6.06. The van der Waals surface area contributed by atoms with Gasteiger partial charge in [0.15, 0.2) is 0 Å². The van der Waals surface area contributed by atoms with Crippen LogP contribution in [0, 0.1) is 0 Å². The molecule has 0 atom stereocenters. The highest BCUT2D eigenvalue weighted by Gasteiger charge is 2.19. The summed E-state index contributed by atoms with van der Waals surface area (Å²) in [4.78, 5) is 14.3. The third-order valence-electron chi connectivity index (χ3n) is 3.49. The fraction of sp³-hybridized carbons (Fsp3) is 0.278. The molecule has 134 valence electrons. The van der Waals surface area contributed by atoms with Crippen molar-refractivity contribution in [1.29, 1.82) is 0 Å². The minimum Gasteiger partial charge on any atom is -0.337 e. The fourth-order valence-electron chi connectivity index (χ4n) is 2.35. The van der Waals surface area contributed by atoms with Crippen LogP contribution in [0.2, 0.25) is 0 Å². The number of nitrogens with one attached hydrogen (secondary N) is 1. The molecule has 0 aliphatic heterocycles. The molecule has 7 heteroatoms. The van der Waals surface area contributed by atoms with Crippen LogP contribution in [-0.2, 0) is 16.6 Å². The van der Waals surface area contributed by atoms with Gasteiger partial charge in [0.25, 0.3) is 5.91 Å². The number of nitrogens with zero attached hydrogens (tertiary/aromatic N) is 1. The molecule has 2 aromatic carbocycles. The van der Waals surface area contributed by atoms with Crippen LogP contribution in [0.4, 0.5) is 0 Å². The predicted molar refractivity (Wildman–Crippen MR) is 102 cm³/mol. The first-order chi connectivity index (χ1) is 11.7. The zero-order chi connectivity index (χ0) is 18.6. The quantitative estimate of drug-likeness (QED) is 0.772.